The van der Waals surface area contributed by atoms with Crippen molar-refractivity contribution in [1.82, 2.24) is 0 Å². The first kappa shape index (κ1) is 27.9. The van der Waals surface area contributed by atoms with E-state index in [1.807, 2.05) is 18.2 Å². The number of hydrogen-bond acceptors (Lipinski definition) is 5. The highest BCUT2D eigenvalue weighted by Gasteiger charge is 2.46. The van der Waals surface area contributed by atoms with E-state index >= 15 is 0 Å². The van der Waals surface area contributed by atoms with Gasteiger partial charge in [-0.3, -0.25) is 0 Å². The molecule has 0 fully saturated rings. The predicted molar refractivity (Wildman–Crippen MR) is 173 cm³/mol. The molecule has 2 aliphatic heterocycles. The molecule has 0 aliphatic carbocycles. The summed E-state index contributed by atoms with van der Waals surface area (Å²) in [4.78, 5) is 0. The fourth-order valence-corrected chi connectivity index (χ4v) is 7.32. The lowest BCUT2D eigenvalue weighted by atomic mass is 9.56. The molecule has 0 saturated carbocycles. The second-order valence-electron chi connectivity index (χ2n) is 12.6. The molecule has 5 nitrogen and oxygen atoms in total. The first-order valence-corrected chi connectivity index (χ1v) is 15.1. The largest absolute Gasteiger partial charge is 0.454 e. The zero-order valence-corrected chi connectivity index (χ0v) is 25.6. The van der Waals surface area contributed by atoms with Gasteiger partial charge in [-0.2, -0.15) is 5.26 Å². The summed E-state index contributed by atoms with van der Waals surface area (Å²) in [6.07, 6.45) is 0.944. The first-order chi connectivity index (χ1) is 21.3. The molecule has 220 valence electrons. The maximum atomic E-state index is 10.4. The van der Waals surface area contributed by atoms with Gasteiger partial charge in [-0.1, -0.05) is 93.6 Å². The molecule has 0 amide bonds. The van der Waals surface area contributed by atoms with Crippen LogP contribution < -0.4 is 18.9 Å². The van der Waals surface area contributed by atoms with Crippen molar-refractivity contribution in [1.29, 1.82) is 5.26 Å². The van der Waals surface area contributed by atoms with Crippen molar-refractivity contribution in [2.45, 2.75) is 46.0 Å². The van der Waals surface area contributed by atoms with Gasteiger partial charge in [0.1, 0.15) is 0 Å². The minimum atomic E-state index is -0.402. The second kappa shape index (κ2) is 10.6. The highest BCUT2D eigenvalue weighted by molar-refractivity contribution is 6.06. The molecular weight excluding hydrogens is 546 g/mol. The molecule has 2 heterocycles. The molecule has 0 bridgehead atoms. The maximum Gasteiger partial charge on any atom is 0.231 e. The maximum absolute atomic E-state index is 10.4. The summed E-state index contributed by atoms with van der Waals surface area (Å²) in [5, 5.41) is 12.4. The summed E-state index contributed by atoms with van der Waals surface area (Å²) in [6, 6.07) is 34.3. The number of ether oxygens (including phenoxy) is 4. The topological polar surface area (TPSA) is 60.7 Å². The van der Waals surface area contributed by atoms with Crippen molar-refractivity contribution >= 4 is 10.8 Å². The molecule has 5 aromatic carbocycles. The van der Waals surface area contributed by atoms with Crippen LogP contribution in [0.4, 0.5) is 0 Å². The standard InChI is InChI=1S/C39H35NO4/c1-25-29-16-18-33-37(44-24-42-33)36(29)35(26-15-17-32-34(21-26)43-23-41-32)30(19-20-40)31(25)22-39(38(2,3)4,27-11-7-5-8-12-27)28-13-9-6-10-14-28/h5-18,21H,19,22-24H2,1-4H3. The lowest BCUT2D eigenvalue weighted by Gasteiger charge is -2.47. The minimum Gasteiger partial charge on any atom is -0.454 e. The van der Waals surface area contributed by atoms with Crippen molar-refractivity contribution in [2.24, 2.45) is 5.41 Å². The van der Waals surface area contributed by atoms with Crippen LogP contribution >= 0.6 is 0 Å². The average molecular weight is 582 g/mol. The number of rotatable bonds is 6. The third kappa shape index (κ3) is 4.28. The molecule has 0 radical (unpaired) electrons. The molecule has 0 atom stereocenters. The molecule has 0 aromatic heterocycles. The van der Waals surface area contributed by atoms with Crippen molar-refractivity contribution in [3.05, 3.63) is 119 Å². The monoisotopic (exact) mass is 581 g/mol. The van der Waals surface area contributed by atoms with Crippen molar-refractivity contribution in [2.75, 3.05) is 13.6 Å². The number of nitrogens with zero attached hydrogens (tertiary/aromatic N) is 1. The van der Waals surface area contributed by atoms with Gasteiger partial charge in [-0.15, -0.1) is 0 Å². The number of hydrogen-bond donors (Lipinski definition) is 0. The first-order valence-electron chi connectivity index (χ1n) is 15.1. The predicted octanol–water partition coefficient (Wildman–Crippen LogP) is 8.91. The molecule has 0 spiro atoms. The van der Waals surface area contributed by atoms with E-state index in [1.54, 1.807) is 0 Å². The Hall–Kier alpha value is -4.95. The Morgan fingerprint density at radius 2 is 1.32 bits per heavy atom. The van der Waals surface area contributed by atoms with E-state index in [9.17, 15) is 5.26 Å². The molecule has 0 N–H and O–H groups in total. The van der Waals surface area contributed by atoms with Crippen molar-refractivity contribution in [3.63, 3.8) is 0 Å². The third-order valence-electron chi connectivity index (χ3n) is 9.48. The van der Waals surface area contributed by atoms with Crippen LogP contribution in [0.2, 0.25) is 0 Å². The van der Waals surface area contributed by atoms with Crippen molar-refractivity contribution in [3.8, 4) is 40.2 Å². The van der Waals surface area contributed by atoms with Crippen LogP contribution in [-0.2, 0) is 18.3 Å². The third-order valence-corrected chi connectivity index (χ3v) is 9.48. The van der Waals surface area contributed by atoms with E-state index in [1.165, 1.54) is 16.7 Å². The van der Waals surface area contributed by atoms with Gasteiger partial charge < -0.3 is 18.9 Å². The Bertz CT molecular complexity index is 1880. The smallest absolute Gasteiger partial charge is 0.231 e. The Morgan fingerprint density at radius 1 is 0.705 bits per heavy atom. The normalized spacial score (nSPS) is 13.7. The summed E-state index contributed by atoms with van der Waals surface area (Å²) in [5.41, 5.74) is 7.16. The van der Waals surface area contributed by atoms with Gasteiger partial charge >= 0.3 is 0 Å². The van der Waals surface area contributed by atoms with E-state index in [-0.39, 0.29) is 25.4 Å². The Balaban J connectivity index is 1.59. The summed E-state index contributed by atoms with van der Waals surface area (Å²) in [6.45, 7) is 9.52. The van der Waals surface area contributed by atoms with Crippen LogP contribution in [0.3, 0.4) is 0 Å². The number of aryl methyl sites for hydroxylation is 1. The molecule has 0 unspecified atom stereocenters. The average Bonchev–Trinajstić information content (AvgIpc) is 3.71. The molecule has 44 heavy (non-hydrogen) atoms. The molecule has 0 saturated heterocycles. The Labute approximate surface area is 258 Å². The highest BCUT2D eigenvalue weighted by Crippen LogP contribution is 2.53. The van der Waals surface area contributed by atoms with Gasteiger partial charge in [0.2, 0.25) is 13.6 Å². The van der Waals surface area contributed by atoms with Gasteiger partial charge in [0, 0.05) is 10.8 Å². The van der Waals surface area contributed by atoms with Crippen LogP contribution in [0.15, 0.2) is 91.0 Å². The van der Waals surface area contributed by atoms with Gasteiger partial charge in [0.05, 0.1) is 12.5 Å². The van der Waals surface area contributed by atoms with Gasteiger partial charge in [-0.25, -0.2) is 0 Å². The summed E-state index contributed by atoms with van der Waals surface area (Å²) < 4.78 is 23.4. The van der Waals surface area contributed by atoms with E-state index in [0.717, 1.165) is 44.5 Å². The van der Waals surface area contributed by atoms with E-state index in [2.05, 4.69) is 107 Å². The fraction of sp³-hybridized carbons (Fsp3) is 0.256. The molecule has 2 aliphatic rings. The van der Waals surface area contributed by atoms with Gasteiger partial charge in [-0.05, 0) is 81.3 Å². The SMILES string of the molecule is Cc1c(CC(c2ccccc2)(c2ccccc2)C(C)(C)C)c(CC#N)c(-c2ccc3c(c2)OCO3)c2c3c(ccc12)OCO3. The van der Waals surface area contributed by atoms with E-state index in [0.29, 0.717) is 17.9 Å². The highest BCUT2D eigenvalue weighted by atomic mass is 16.7. The number of benzene rings is 5. The molecule has 5 aromatic rings. The van der Waals surface area contributed by atoms with Crippen LogP contribution in [0.5, 0.6) is 23.0 Å². The van der Waals surface area contributed by atoms with E-state index < -0.39 is 5.41 Å². The lowest BCUT2D eigenvalue weighted by molar-refractivity contribution is 0.174. The van der Waals surface area contributed by atoms with Crippen LogP contribution in [0.25, 0.3) is 21.9 Å². The second-order valence-corrected chi connectivity index (χ2v) is 12.6. The summed E-state index contributed by atoms with van der Waals surface area (Å²) >= 11 is 0. The summed E-state index contributed by atoms with van der Waals surface area (Å²) in [7, 11) is 0. The van der Waals surface area contributed by atoms with E-state index in [4.69, 9.17) is 18.9 Å². The quantitative estimate of drug-likeness (QED) is 0.200. The minimum absolute atomic E-state index is 0.165. The van der Waals surface area contributed by atoms with Crippen LogP contribution in [0.1, 0.15) is 48.6 Å². The van der Waals surface area contributed by atoms with Gasteiger partial charge in [0.25, 0.3) is 0 Å². The van der Waals surface area contributed by atoms with Gasteiger partial charge in [0.15, 0.2) is 23.0 Å². The van der Waals surface area contributed by atoms with Crippen LogP contribution in [0, 0.1) is 23.7 Å². The van der Waals surface area contributed by atoms with Crippen LogP contribution in [-0.4, -0.2) is 13.6 Å². The Morgan fingerprint density at radius 3 is 1.98 bits per heavy atom. The number of fused-ring (bicyclic) bond motifs is 4. The fourth-order valence-electron chi connectivity index (χ4n) is 7.32. The number of nitriles is 1. The molecule has 7 rings (SSSR count). The molecule has 5 heteroatoms. The summed E-state index contributed by atoms with van der Waals surface area (Å²) in [5.74, 6) is 2.85. The lowest BCUT2D eigenvalue weighted by Crippen LogP contribution is -2.43. The Kier molecular flexibility index (Phi) is 6.74. The zero-order valence-electron chi connectivity index (χ0n) is 25.6. The molecular formula is C39H35NO4. The zero-order chi connectivity index (χ0) is 30.5. The van der Waals surface area contributed by atoms with Crippen molar-refractivity contribution < 1.29 is 18.9 Å².